The maximum Gasteiger partial charge on any atom is 0.337 e. The summed E-state index contributed by atoms with van der Waals surface area (Å²) in [6, 6.07) is 12.1. The van der Waals surface area contributed by atoms with E-state index >= 15 is 0 Å². The fourth-order valence-electron chi connectivity index (χ4n) is 2.15. The van der Waals surface area contributed by atoms with Crippen molar-refractivity contribution in [3.63, 3.8) is 0 Å². The van der Waals surface area contributed by atoms with Gasteiger partial charge >= 0.3 is 5.97 Å². The summed E-state index contributed by atoms with van der Waals surface area (Å²) >= 11 is 0. The minimum absolute atomic E-state index is 0.157. The van der Waals surface area contributed by atoms with Crippen LogP contribution in [0.15, 0.2) is 52.4 Å². The Morgan fingerprint density at radius 1 is 1.04 bits per heavy atom. The molecule has 136 valence electrons. The standard InChI is InChI=1S/C17H20N6O3/c1-25-14-6-4-3-5-12(14)21-11-8-7-10(15(24)26-2)9-13(11)22-17(20)23-16(18)19/h3-9,21H,1-2H3,(H6,18,19,20,22,23). The molecule has 0 heterocycles. The minimum atomic E-state index is -0.509. The Bertz CT molecular complexity index is 859. The van der Waals surface area contributed by atoms with Gasteiger partial charge in [-0.3, -0.25) is 0 Å². The van der Waals surface area contributed by atoms with Crippen molar-refractivity contribution in [3.8, 4) is 5.75 Å². The number of esters is 1. The summed E-state index contributed by atoms with van der Waals surface area (Å²) in [7, 11) is 2.86. The van der Waals surface area contributed by atoms with Gasteiger partial charge in [-0.15, -0.1) is 0 Å². The average Bonchev–Trinajstić information content (AvgIpc) is 2.62. The molecular formula is C17H20N6O3. The first-order valence-corrected chi connectivity index (χ1v) is 7.50. The molecule has 26 heavy (non-hydrogen) atoms. The topological polar surface area (TPSA) is 150 Å². The lowest BCUT2D eigenvalue weighted by Gasteiger charge is -2.13. The van der Waals surface area contributed by atoms with Crippen molar-refractivity contribution in [2.24, 2.45) is 27.2 Å². The Morgan fingerprint density at radius 3 is 2.42 bits per heavy atom. The number of aliphatic imine (C=N–C) groups is 2. The SMILES string of the molecule is COC(=O)c1ccc(Nc2ccccc2OC)c(N=C(N)N=C(N)N)c1. The van der Waals surface area contributed by atoms with Crippen LogP contribution in [0.2, 0.25) is 0 Å². The Labute approximate surface area is 150 Å². The van der Waals surface area contributed by atoms with Gasteiger partial charge in [-0.25, -0.2) is 9.79 Å². The van der Waals surface area contributed by atoms with E-state index in [2.05, 4.69) is 15.3 Å². The van der Waals surface area contributed by atoms with Crippen LogP contribution in [0.3, 0.4) is 0 Å². The smallest absolute Gasteiger partial charge is 0.337 e. The molecule has 2 rings (SSSR count). The number of nitrogens with two attached hydrogens (primary N) is 3. The van der Waals surface area contributed by atoms with Crippen LogP contribution >= 0.6 is 0 Å². The zero-order chi connectivity index (χ0) is 19.1. The molecule has 0 aromatic heterocycles. The largest absolute Gasteiger partial charge is 0.495 e. The summed E-state index contributed by atoms with van der Waals surface area (Å²) in [5.41, 5.74) is 18.3. The molecule has 0 spiro atoms. The van der Waals surface area contributed by atoms with Crippen molar-refractivity contribution >= 4 is 35.0 Å². The van der Waals surface area contributed by atoms with E-state index in [0.29, 0.717) is 28.4 Å². The van der Waals surface area contributed by atoms with Gasteiger partial charge in [0.2, 0.25) is 5.96 Å². The van der Waals surface area contributed by atoms with Gasteiger partial charge in [0.05, 0.1) is 36.8 Å². The number of rotatable bonds is 5. The molecule has 0 aliphatic carbocycles. The predicted octanol–water partition coefficient (Wildman–Crippen LogP) is 1.44. The predicted molar refractivity (Wildman–Crippen MR) is 101 cm³/mol. The van der Waals surface area contributed by atoms with E-state index in [1.54, 1.807) is 19.2 Å². The van der Waals surface area contributed by atoms with E-state index in [9.17, 15) is 4.79 Å². The average molecular weight is 356 g/mol. The van der Waals surface area contributed by atoms with Crippen LogP contribution in [0.5, 0.6) is 5.75 Å². The highest BCUT2D eigenvalue weighted by molar-refractivity contribution is 5.96. The summed E-state index contributed by atoms with van der Waals surface area (Å²) in [5, 5.41) is 3.18. The Balaban J connectivity index is 2.50. The van der Waals surface area contributed by atoms with Gasteiger partial charge in [-0.1, -0.05) is 12.1 Å². The van der Waals surface area contributed by atoms with Crippen LogP contribution in [0, 0.1) is 0 Å². The fraction of sp³-hybridized carbons (Fsp3) is 0.118. The molecule has 0 bridgehead atoms. The molecular weight excluding hydrogens is 336 g/mol. The molecule has 0 fully saturated rings. The van der Waals surface area contributed by atoms with Crippen LogP contribution in [0.4, 0.5) is 17.1 Å². The number of hydrogen-bond donors (Lipinski definition) is 4. The van der Waals surface area contributed by atoms with Gasteiger partial charge in [-0.2, -0.15) is 4.99 Å². The van der Waals surface area contributed by atoms with Crippen LogP contribution in [-0.2, 0) is 4.74 Å². The minimum Gasteiger partial charge on any atom is -0.495 e. The molecule has 2 aromatic rings. The second kappa shape index (κ2) is 8.38. The van der Waals surface area contributed by atoms with Crippen molar-refractivity contribution in [1.82, 2.24) is 0 Å². The number of para-hydroxylation sites is 2. The molecule has 0 amide bonds. The van der Waals surface area contributed by atoms with Gasteiger partial charge in [-0.05, 0) is 30.3 Å². The molecule has 0 aliphatic heterocycles. The molecule has 0 aliphatic rings. The lowest BCUT2D eigenvalue weighted by Crippen LogP contribution is -2.26. The molecule has 0 atom stereocenters. The Hall–Kier alpha value is -3.75. The van der Waals surface area contributed by atoms with Crippen LogP contribution < -0.4 is 27.3 Å². The number of carbonyl (C=O) groups excluding carboxylic acids is 1. The first-order chi connectivity index (χ1) is 12.4. The van der Waals surface area contributed by atoms with E-state index in [-0.39, 0.29) is 11.9 Å². The highest BCUT2D eigenvalue weighted by Crippen LogP contribution is 2.33. The highest BCUT2D eigenvalue weighted by atomic mass is 16.5. The van der Waals surface area contributed by atoms with Gasteiger partial charge in [0.25, 0.3) is 0 Å². The van der Waals surface area contributed by atoms with Crippen molar-refractivity contribution in [2.45, 2.75) is 0 Å². The summed E-state index contributed by atoms with van der Waals surface area (Å²) in [5.74, 6) is -0.257. The second-order valence-corrected chi connectivity index (χ2v) is 5.06. The van der Waals surface area contributed by atoms with Crippen LogP contribution in [0.25, 0.3) is 0 Å². The third kappa shape index (κ3) is 4.63. The van der Waals surface area contributed by atoms with E-state index in [4.69, 9.17) is 26.7 Å². The number of methoxy groups -OCH3 is 2. The van der Waals surface area contributed by atoms with Gasteiger partial charge in [0.1, 0.15) is 5.75 Å². The van der Waals surface area contributed by atoms with Crippen LogP contribution in [0.1, 0.15) is 10.4 Å². The quantitative estimate of drug-likeness (QED) is 0.359. The van der Waals surface area contributed by atoms with Gasteiger partial charge in [0, 0.05) is 0 Å². The zero-order valence-corrected chi connectivity index (χ0v) is 14.4. The molecule has 9 heteroatoms. The highest BCUT2D eigenvalue weighted by Gasteiger charge is 2.12. The molecule has 7 N–H and O–H groups in total. The number of guanidine groups is 2. The third-order valence-electron chi connectivity index (χ3n) is 3.27. The van der Waals surface area contributed by atoms with Crippen molar-refractivity contribution in [2.75, 3.05) is 19.5 Å². The zero-order valence-electron chi connectivity index (χ0n) is 14.4. The fourth-order valence-corrected chi connectivity index (χ4v) is 2.15. The van der Waals surface area contributed by atoms with E-state index in [1.165, 1.54) is 13.2 Å². The van der Waals surface area contributed by atoms with Crippen molar-refractivity contribution in [1.29, 1.82) is 0 Å². The summed E-state index contributed by atoms with van der Waals surface area (Å²) in [6.07, 6.45) is 0. The first kappa shape index (κ1) is 18.6. The maximum absolute atomic E-state index is 11.8. The Morgan fingerprint density at radius 2 is 1.77 bits per heavy atom. The van der Waals surface area contributed by atoms with Gasteiger partial charge < -0.3 is 32.0 Å². The number of benzene rings is 2. The summed E-state index contributed by atoms with van der Waals surface area (Å²) in [6.45, 7) is 0. The summed E-state index contributed by atoms with van der Waals surface area (Å²) < 4.78 is 10.0. The molecule has 0 saturated heterocycles. The monoisotopic (exact) mass is 356 g/mol. The number of nitrogens with zero attached hydrogens (tertiary/aromatic N) is 2. The van der Waals surface area contributed by atoms with Gasteiger partial charge in [0.15, 0.2) is 5.96 Å². The van der Waals surface area contributed by atoms with Crippen molar-refractivity contribution in [3.05, 3.63) is 48.0 Å². The number of ether oxygens (including phenoxy) is 2. The maximum atomic E-state index is 11.8. The number of nitrogens with one attached hydrogen (secondary N) is 1. The van der Waals surface area contributed by atoms with Crippen LogP contribution in [-0.4, -0.2) is 32.1 Å². The van der Waals surface area contributed by atoms with E-state index in [1.807, 2.05) is 24.3 Å². The normalized spacial score (nSPS) is 10.8. The number of hydrogen-bond acceptors (Lipinski definition) is 5. The third-order valence-corrected chi connectivity index (χ3v) is 3.27. The number of carbonyl (C=O) groups is 1. The van der Waals surface area contributed by atoms with Crippen molar-refractivity contribution < 1.29 is 14.3 Å². The van der Waals surface area contributed by atoms with E-state index in [0.717, 1.165) is 0 Å². The number of anilines is 2. The molecule has 0 radical (unpaired) electrons. The molecule has 0 unspecified atom stereocenters. The first-order valence-electron chi connectivity index (χ1n) is 7.50. The molecule has 9 nitrogen and oxygen atoms in total. The lowest BCUT2D eigenvalue weighted by molar-refractivity contribution is 0.0601. The second-order valence-electron chi connectivity index (χ2n) is 5.06. The van der Waals surface area contributed by atoms with E-state index < -0.39 is 5.97 Å². The lowest BCUT2D eigenvalue weighted by atomic mass is 10.1. The Kier molecular flexibility index (Phi) is 5.99. The summed E-state index contributed by atoms with van der Waals surface area (Å²) in [4.78, 5) is 19.6. The molecule has 2 aromatic carbocycles. The molecule has 0 saturated carbocycles.